The van der Waals surface area contributed by atoms with E-state index in [1.165, 1.54) is 0 Å². The maximum Gasteiger partial charge on any atom is 0.295 e. The van der Waals surface area contributed by atoms with Gasteiger partial charge in [-0.05, 0) is 67.9 Å². The van der Waals surface area contributed by atoms with Crippen LogP contribution in [0.5, 0.6) is 17.2 Å². The normalized spacial score (nSPS) is 16.1. The lowest BCUT2D eigenvalue weighted by atomic mass is 9.95. The van der Waals surface area contributed by atoms with Crippen molar-refractivity contribution in [2.24, 2.45) is 0 Å². The smallest absolute Gasteiger partial charge is 0.295 e. The van der Waals surface area contributed by atoms with Crippen molar-refractivity contribution in [3.63, 3.8) is 0 Å². The number of nitrogens with zero attached hydrogens (tertiary/aromatic N) is 2. The molecule has 1 heterocycles. The van der Waals surface area contributed by atoms with E-state index in [9.17, 15) is 14.7 Å². The molecule has 0 saturated carbocycles. The van der Waals surface area contributed by atoms with Crippen LogP contribution in [0.25, 0.3) is 5.76 Å². The number of aliphatic hydroxyl groups is 1. The Morgan fingerprint density at radius 3 is 2.37 bits per heavy atom. The summed E-state index contributed by atoms with van der Waals surface area (Å²) < 4.78 is 17.5. The molecule has 1 fully saturated rings. The van der Waals surface area contributed by atoms with E-state index >= 15 is 0 Å². The van der Waals surface area contributed by atoms with Gasteiger partial charge in [-0.25, -0.2) is 0 Å². The van der Waals surface area contributed by atoms with Gasteiger partial charge in [0, 0.05) is 12.1 Å². The molecule has 228 valence electrons. The van der Waals surface area contributed by atoms with E-state index < -0.39 is 17.7 Å². The Kier molecular flexibility index (Phi) is 11.2. The Morgan fingerprint density at radius 1 is 0.907 bits per heavy atom. The topological polar surface area (TPSA) is 88.5 Å². The van der Waals surface area contributed by atoms with Crippen molar-refractivity contribution >= 4 is 17.4 Å². The molecule has 8 heteroatoms. The Labute approximate surface area is 254 Å². The van der Waals surface area contributed by atoms with Gasteiger partial charge >= 0.3 is 0 Å². The molecule has 1 saturated heterocycles. The first-order valence-electron chi connectivity index (χ1n) is 15.0. The standard InChI is InChI=1S/C35H42N2O6/c1-5-21-42-28-16-11-15-27(22-28)33(38)31-32(37(35(40)34(31)39)20-12-19-36(6-2)7-3)26-17-18-29(30(23-26)41-4)43-24-25-13-9-8-10-14-25/h8-11,13-18,22-23,32,38H,5-7,12,19-21,24H2,1-4H3. The number of carbonyl (C=O) groups is 2. The van der Waals surface area contributed by atoms with Gasteiger partial charge in [0.25, 0.3) is 11.7 Å². The number of rotatable bonds is 15. The highest BCUT2D eigenvalue weighted by Gasteiger charge is 2.46. The number of likely N-dealkylation sites (tertiary alicyclic amines) is 1. The number of methoxy groups -OCH3 is 1. The molecule has 1 amide bonds. The molecular formula is C35H42N2O6. The van der Waals surface area contributed by atoms with Crippen LogP contribution in [0.4, 0.5) is 0 Å². The number of hydrogen-bond acceptors (Lipinski definition) is 7. The largest absolute Gasteiger partial charge is 0.507 e. The molecular weight excluding hydrogens is 544 g/mol. The number of ether oxygens (including phenoxy) is 3. The fourth-order valence-corrected chi connectivity index (χ4v) is 5.28. The van der Waals surface area contributed by atoms with E-state index in [2.05, 4.69) is 18.7 Å². The molecule has 3 aromatic carbocycles. The Bertz CT molecular complexity index is 1420. The highest BCUT2D eigenvalue weighted by atomic mass is 16.5. The van der Waals surface area contributed by atoms with Crippen molar-refractivity contribution in [1.82, 2.24) is 9.80 Å². The molecule has 1 aliphatic rings. The van der Waals surface area contributed by atoms with Crippen LogP contribution >= 0.6 is 0 Å². The molecule has 0 spiro atoms. The second-order valence-corrected chi connectivity index (χ2v) is 10.4. The van der Waals surface area contributed by atoms with Gasteiger partial charge in [-0.2, -0.15) is 0 Å². The minimum atomic E-state index is -0.797. The summed E-state index contributed by atoms with van der Waals surface area (Å²) in [6, 6.07) is 21.4. The third-order valence-electron chi connectivity index (χ3n) is 7.63. The maximum absolute atomic E-state index is 13.6. The summed E-state index contributed by atoms with van der Waals surface area (Å²) in [5, 5.41) is 11.5. The summed E-state index contributed by atoms with van der Waals surface area (Å²) in [5.74, 6) is 0.00494. The molecule has 1 unspecified atom stereocenters. The highest BCUT2D eigenvalue weighted by Crippen LogP contribution is 2.42. The molecule has 8 nitrogen and oxygen atoms in total. The van der Waals surface area contributed by atoms with Gasteiger partial charge in [0.05, 0.1) is 25.3 Å². The van der Waals surface area contributed by atoms with E-state index in [-0.39, 0.29) is 11.3 Å². The summed E-state index contributed by atoms with van der Waals surface area (Å²) in [6.07, 6.45) is 1.52. The third-order valence-corrected chi connectivity index (χ3v) is 7.63. The predicted octanol–water partition coefficient (Wildman–Crippen LogP) is 6.22. The van der Waals surface area contributed by atoms with E-state index in [0.717, 1.165) is 31.6 Å². The number of ketones is 1. The fraction of sp³-hybridized carbons (Fsp3) is 0.371. The van der Waals surface area contributed by atoms with Gasteiger partial charge in [-0.1, -0.05) is 69.3 Å². The molecule has 0 bridgehead atoms. The number of amides is 1. The molecule has 3 aromatic rings. The zero-order valence-electron chi connectivity index (χ0n) is 25.5. The van der Waals surface area contributed by atoms with Gasteiger partial charge < -0.3 is 29.1 Å². The summed E-state index contributed by atoms with van der Waals surface area (Å²) >= 11 is 0. The Hall–Kier alpha value is -4.30. The van der Waals surface area contributed by atoms with Crippen LogP contribution in [-0.4, -0.2) is 66.5 Å². The summed E-state index contributed by atoms with van der Waals surface area (Å²) in [4.78, 5) is 30.9. The minimum absolute atomic E-state index is 0.0421. The lowest BCUT2D eigenvalue weighted by Crippen LogP contribution is -2.33. The van der Waals surface area contributed by atoms with Crippen LogP contribution in [0.1, 0.15) is 56.3 Å². The Balaban J connectivity index is 1.73. The maximum atomic E-state index is 13.6. The molecule has 0 radical (unpaired) electrons. The van der Waals surface area contributed by atoms with Crippen molar-refractivity contribution in [1.29, 1.82) is 0 Å². The van der Waals surface area contributed by atoms with Gasteiger partial charge in [-0.3, -0.25) is 9.59 Å². The van der Waals surface area contributed by atoms with Crippen molar-refractivity contribution in [2.45, 2.75) is 46.3 Å². The van der Waals surface area contributed by atoms with E-state index in [1.807, 2.05) is 43.3 Å². The van der Waals surface area contributed by atoms with Crippen LogP contribution < -0.4 is 14.2 Å². The minimum Gasteiger partial charge on any atom is -0.507 e. The summed E-state index contributed by atoms with van der Waals surface area (Å²) in [7, 11) is 1.55. The van der Waals surface area contributed by atoms with Gasteiger partial charge in [0.15, 0.2) is 11.5 Å². The quantitative estimate of drug-likeness (QED) is 0.129. The van der Waals surface area contributed by atoms with E-state index in [1.54, 1.807) is 48.4 Å². The average Bonchev–Trinajstić information content (AvgIpc) is 3.30. The molecule has 1 atom stereocenters. The number of Topliss-reactive ketones (excluding diaryl/α,β-unsaturated/α-hetero) is 1. The summed E-state index contributed by atoms with van der Waals surface area (Å²) in [6.45, 7) is 10.0. The molecule has 4 rings (SSSR count). The van der Waals surface area contributed by atoms with Gasteiger partial charge in [0.2, 0.25) is 0 Å². The molecule has 1 N–H and O–H groups in total. The monoisotopic (exact) mass is 586 g/mol. The second-order valence-electron chi connectivity index (χ2n) is 10.4. The number of benzene rings is 3. The lowest BCUT2D eigenvalue weighted by Gasteiger charge is -2.27. The van der Waals surface area contributed by atoms with Crippen molar-refractivity contribution in [3.8, 4) is 17.2 Å². The van der Waals surface area contributed by atoms with Crippen LogP contribution in [0.3, 0.4) is 0 Å². The molecule has 43 heavy (non-hydrogen) atoms. The first kappa shape index (κ1) is 31.6. The second kappa shape index (κ2) is 15.3. The number of aliphatic hydroxyl groups excluding tert-OH is 1. The van der Waals surface area contributed by atoms with Crippen LogP contribution in [-0.2, 0) is 16.2 Å². The Morgan fingerprint density at radius 2 is 1.67 bits per heavy atom. The zero-order chi connectivity index (χ0) is 30.8. The summed E-state index contributed by atoms with van der Waals surface area (Å²) in [5.41, 5.74) is 2.11. The van der Waals surface area contributed by atoms with Crippen molar-refractivity contribution < 1.29 is 28.9 Å². The molecule has 0 aliphatic carbocycles. The molecule has 1 aliphatic heterocycles. The first-order chi connectivity index (χ1) is 20.9. The van der Waals surface area contributed by atoms with E-state index in [0.29, 0.717) is 54.6 Å². The third kappa shape index (κ3) is 7.56. The van der Waals surface area contributed by atoms with Gasteiger partial charge in [0.1, 0.15) is 18.1 Å². The van der Waals surface area contributed by atoms with Crippen molar-refractivity contribution in [3.05, 3.63) is 95.1 Å². The average molecular weight is 587 g/mol. The SMILES string of the molecule is CCCOc1cccc(C(O)=C2C(=O)C(=O)N(CCCN(CC)CC)C2c2ccc(OCc3ccccc3)c(OC)c2)c1. The van der Waals surface area contributed by atoms with Gasteiger partial charge in [-0.15, -0.1) is 0 Å². The number of carbonyl (C=O) groups excluding carboxylic acids is 2. The van der Waals surface area contributed by atoms with Crippen LogP contribution in [0, 0.1) is 0 Å². The highest BCUT2D eigenvalue weighted by molar-refractivity contribution is 6.46. The predicted molar refractivity (Wildman–Crippen MR) is 167 cm³/mol. The zero-order valence-corrected chi connectivity index (χ0v) is 25.5. The lowest BCUT2D eigenvalue weighted by molar-refractivity contribution is -0.140. The number of hydrogen-bond donors (Lipinski definition) is 1. The first-order valence-corrected chi connectivity index (χ1v) is 15.0. The van der Waals surface area contributed by atoms with E-state index in [4.69, 9.17) is 14.2 Å². The van der Waals surface area contributed by atoms with Crippen LogP contribution in [0.15, 0.2) is 78.4 Å². The molecule has 0 aromatic heterocycles. The van der Waals surface area contributed by atoms with Crippen molar-refractivity contribution in [2.75, 3.05) is 39.9 Å². The fourth-order valence-electron chi connectivity index (χ4n) is 5.28. The van der Waals surface area contributed by atoms with Crippen LogP contribution in [0.2, 0.25) is 0 Å².